The van der Waals surface area contributed by atoms with Crippen molar-refractivity contribution in [2.45, 2.75) is 0 Å². The maximum absolute atomic E-state index is 12.6. The van der Waals surface area contributed by atoms with Crippen molar-refractivity contribution in [2.75, 3.05) is 0 Å². The van der Waals surface area contributed by atoms with E-state index in [1.54, 1.807) is 47.8 Å². The van der Waals surface area contributed by atoms with Crippen LogP contribution in [0.25, 0.3) is 33.1 Å². The first-order chi connectivity index (χ1) is 14.6. The van der Waals surface area contributed by atoms with Gasteiger partial charge in [0.05, 0.1) is 5.56 Å². The van der Waals surface area contributed by atoms with Gasteiger partial charge < -0.3 is 13.6 Å². The van der Waals surface area contributed by atoms with E-state index in [1.807, 2.05) is 12.1 Å². The summed E-state index contributed by atoms with van der Waals surface area (Å²) in [5.74, 6) is -0.273. The molecule has 0 aliphatic carbocycles. The SMILES string of the molecule is O=C(Oc1ccc2c(-c3cc4ccccc4oc3=O)cc(=O)oc2c1)c1cccs1. The molecule has 0 fully saturated rings. The van der Waals surface area contributed by atoms with Gasteiger partial charge >= 0.3 is 17.2 Å². The Bertz CT molecular complexity index is 1530. The van der Waals surface area contributed by atoms with Gasteiger partial charge in [0.1, 0.15) is 21.8 Å². The predicted octanol–water partition coefficient (Wildman–Crippen LogP) is 4.85. The van der Waals surface area contributed by atoms with Crippen LogP contribution in [0.3, 0.4) is 0 Å². The Morgan fingerprint density at radius 3 is 2.53 bits per heavy atom. The van der Waals surface area contributed by atoms with Gasteiger partial charge in [-0.3, -0.25) is 0 Å². The Hall–Kier alpha value is -3.97. The number of carbonyl (C=O) groups excluding carboxylic acids is 1. The standard InChI is InChI=1S/C23H12O6S/c24-21-12-16(17-10-13-4-1-2-5-18(13)29-22(17)25)15-8-7-14(11-19(15)28-21)27-23(26)20-6-3-9-30-20/h1-12H. The van der Waals surface area contributed by atoms with Crippen molar-refractivity contribution in [3.8, 4) is 16.9 Å². The highest BCUT2D eigenvalue weighted by atomic mass is 32.1. The Morgan fingerprint density at radius 1 is 0.833 bits per heavy atom. The number of ether oxygens (including phenoxy) is 1. The van der Waals surface area contributed by atoms with Crippen LogP contribution in [0, 0.1) is 0 Å². The maximum atomic E-state index is 12.6. The normalized spacial score (nSPS) is 11.1. The Kier molecular flexibility index (Phi) is 4.30. The lowest BCUT2D eigenvalue weighted by molar-refractivity contribution is 0.0740. The molecule has 2 aromatic carbocycles. The average Bonchev–Trinajstić information content (AvgIpc) is 3.27. The molecule has 0 bridgehead atoms. The number of carbonyl (C=O) groups is 1. The lowest BCUT2D eigenvalue weighted by Gasteiger charge is -2.08. The first kappa shape index (κ1) is 18.1. The van der Waals surface area contributed by atoms with Crippen LogP contribution in [0.4, 0.5) is 0 Å². The van der Waals surface area contributed by atoms with Crippen molar-refractivity contribution in [2.24, 2.45) is 0 Å². The van der Waals surface area contributed by atoms with Gasteiger partial charge in [0.2, 0.25) is 0 Å². The Labute approximate surface area is 172 Å². The Balaban J connectivity index is 1.63. The first-order valence-electron chi connectivity index (χ1n) is 8.95. The summed E-state index contributed by atoms with van der Waals surface area (Å²) in [7, 11) is 0. The van der Waals surface area contributed by atoms with E-state index in [1.165, 1.54) is 23.5 Å². The smallest absolute Gasteiger partial charge is 0.353 e. The lowest BCUT2D eigenvalue weighted by atomic mass is 10.0. The predicted molar refractivity (Wildman–Crippen MR) is 113 cm³/mol. The van der Waals surface area contributed by atoms with Crippen molar-refractivity contribution in [3.63, 3.8) is 0 Å². The van der Waals surface area contributed by atoms with Crippen LogP contribution >= 0.6 is 11.3 Å². The summed E-state index contributed by atoms with van der Waals surface area (Å²) >= 11 is 1.27. The number of para-hydroxylation sites is 1. The van der Waals surface area contributed by atoms with E-state index >= 15 is 0 Å². The summed E-state index contributed by atoms with van der Waals surface area (Å²) in [6, 6.07) is 18.1. The van der Waals surface area contributed by atoms with Crippen LogP contribution in [0.2, 0.25) is 0 Å². The zero-order valence-electron chi connectivity index (χ0n) is 15.3. The highest BCUT2D eigenvalue weighted by molar-refractivity contribution is 7.12. The van der Waals surface area contributed by atoms with Gasteiger partial charge in [0.15, 0.2) is 0 Å². The van der Waals surface area contributed by atoms with Crippen LogP contribution in [0.5, 0.6) is 5.75 Å². The van der Waals surface area contributed by atoms with Crippen LogP contribution in [-0.2, 0) is 0 Å². The van der Waals surface area contributed by atoms with E-state index in [2.05, 4.69) is 0 Å². The number of fused-ring (bicyclic) bond motifs is 2. The van der Waals surface area contributed by atoms with E-state index < -0.39 is 17.2 Å². The second-order valence-corrected chi connectivity index (χ2v) is 7.44. The minimum Gasteiger partial charge on any atom is -0.423 e. The fourth-order valence-electron chi connectivity index (χ4n) is 3.23. The van der Waals surface area contributed by atoms with Crippen LogP contribution in [-0.4, -0.2) is 5.97 Å². The monoisotopic (exact) mass is 416 g/mol. The minimum absolute atomic E-state index is 0.196. The van der Waals surface area contributed by atoms with Gasteiger partial charge in [-0.2, -0.15) is 0 Å². The summed E-state index contributed by atoms with van der Waals surface area (Å²) in [6.07, 6.45) is 0. The Morgan fingerprint density at radius 2 is 1.70 bits per heavy atom. The molecule has 30 heavy (non-hydrogen) atoms. The minimum atomic E-state index is -0.633. The average molecular weight is 416 g/mol. The van der Waals surface area contributed by atoms with Crippen molar-refractivity contribution >= 4 is 39.2 Å². The van der Waals surface area contributed by atoms with E-state index in [0.29, 0.717) is 21.4 Å². The molecule has 0 radical (unpaired) electrons. The second kappa shape index (κ2) is 7.13. The molecule has 0 amide bonds. The molecule has 0 N–H and O–H groups in total. The molecular weight excluding hydrogens is 404 g/mol. The van der Waals surface area contributed by atoms with Crippen molar-refractivity contribution in [3.05, 3.63) is 97.8 Å². The number of benzene rings is 2. The third-order valence-electron chi connectivity index (χ3n) is 4.58. The van der Waals surface area contributed by atoms with Gasteiger partial charge in [-0.05, 0) is 35.7 Å². The zero-order chi connectivity index (χ0) is 20.7. The molecule has 0 aliphatic heterocycles. The maximum Gasteiger partial charge on any atom is 0.353 e. The van der Waals surface area contributed by atoms with E-state index in [0.717, 1.165) is 5.39 Å². The van der Waals surface area contributed by atoms with Gasteiger partial charge in [0.25, 0.3) is 0 Å². The second-order valence-electron chi connectivity index (χ2n) is 6.49. The molecule has 7 heteroatoms. The van der Waals surface area contributed by atoms with Crippen molar-refractivity contribution in [1.29, 1.82) is 0 Å². The molecule has 0 saturated heterocycles. The molecule has 146 valence electrons. The largest absolute Gasteiger partial charge is 0.423 e. The van der Waals surface area contributed by atoms with Gasteiger partial charge in [-0.1, -0.05) is 24.3 Å². The first-order valence-corrected chi connectivity index (χ1v) is 9.83. The molecular formula is C23H12O6S. The molecule has 5 aromatic rings. The van der Waals surface area contributed by atoms with Gasteiger partial charge in [-0.25, -0.2) is 14.4 Å². The van der Waals surface area contributed by atoms with Crippen LogP contribution in [0.1, 0.15) is 9.67 Å². The van der Waals surface area contributed by atoms with E-state index in [9.17, 15) is 14.4 Å². The molecule has 0 aliphatic rings. The summed E-state index contributed by atoms with van der Waals surface area (Å²) in [5, 5.41) is 3.03. The molecule has 5 rings (SSSR count). The quantitative estimate of drug-likeness (QED) is 0.237. The van der Waals surface area contributed by atoms with E-state index in [4.69, 9.17) is 13.6 Å². The summed E-state index contributed by atoms with van der Waals surface area (Å²) in [4.78, 5) is 37.4. The molecule has 0 atom stereocenters. The fourth-order valence-corrected chi connectivity index (χ4v) is 3.83. The number of esters is 1. The molecule has 0 spiro atoms. The summed E-state index contributed by atoms with van der Waals surface area (Å²) in [6.45, 7) is 0. The number of hydrogen-bond donors (Lipinski definition) is 0. The van der Waals surface area contributed by atoms with Gasteiger partial charge in [0, 0.05) is 28.5 Å². The molecule has 3 aromatic heterocycles. The third kappa shape index (κ3) is 3.21. The zero-order valence-corrected chi connectivity index (χ0v) is 16.1. The summed E-state index contributed by atoms with van der Waals surface area (Å²) < 4.78 is 16.0. The van der Waals surface area contributed by atoms with Crippen LogP contribution < -0.4 is 16.0 Å². The van der Waals surface area contributed by atoms with Crippen molar-refractivity contribution in [1.82, 2.24) is 0 Å². The molecule has 0 unspecified atom stereocenters. The highest BCUT2D eigenvalue weighted by Crippen LogP contribution is 2.30. The molecule has 0 saturated carbocycles. The molecule has 3 heterocycles. The summed E-state index contributed by atoms with van der Waals surface area (Å²) in [5.41, 5.74) is 0.0928. The topological polar surface area (TPSA) is 86.7 Å². The van der Waals surface area contributed by atoms with Crippen molar-refractivity contribution < 1.29 is 18.4 Å². The molecule has 6 nitrogen and oxygen atoms in total. The van der Waals surface area contributed by atoms with E-state index in [-0.39, 0.29) is 16.9 Å². The fraction of sp³-hybridized carbons (Fsp3) is 0. The number of rotatable bonds is 3. The third-order valence-corrected chi connectivity index (χ3v) is 5.43. The van der Waals surface area contributed by atoms with Crippen LogP contribution in [0.15, 0.2) is 90.5 Å². The number of hydrogen-bond acceptors (Lipinski definition) is 7. The lowest BCUT2D eigenvalue weighted by Crippen LogP contribution is -2.08. The number of thiophene rings is 1. The highest BCUT2D eigenvalue weighted by Gasteiger charge is 2.16. The van der Waals surface area contributed by atoms with Gasteiger partial charge in [-0.15, -0.1) is 11.3 Å².